The third kappa shape index (κ3) is 3.76. The Balaban J connectivity index is 1.53. The molecule has 0 spiro atoms. The van der Waals surface area contributed by atoms with E-state index >= 15 is 0 Å². The number of rotatable bonds is 5. The molecule has 0 aliphatic carbocycles. The molecule has 1 aliphatic heterocycles. The van der Waals surface area contributed by atoms with Gasteiger partial charge >= 0.3 is 0 Å². The van der Waals surface area contributed by atoms with Crippen LogP contribution in [0.25, 0.3) is 0 Å². The van der Waals surface area contributed by atoms with Crippen molar-refractivity contribution in [3.63, 3.8) is 0 Å². The van der Waals surface area contributed by atoms with Gasteiger partial charge in [-0.05, 0) is 65.7 Å². The fourth-order valence-corrected chi connectivity index (χ4v) is 3.27. The molecule has 0 N–H and O–H groups in total. The predicted octanol–water partition coefficient (Wildman–Crippen LogP) is 5.23. The first-order valence-corrected chi connectivity index (χ1v) is 9.00. The molecule has 0 saturated heterocycles. The van der Waals surface area contributed by atoms with E-state index in [1.807, 2.05) is 59.5 Å². The fraction of sp³-hybridized carbons (Fsp3) is 0.136. The monoisotopic (exact) mass is 379 g/mol. The fourth-order valence-electron chi connectivity index (χ4n) is 3.15. The number of hydrogen-bond acceptors (Lipinski definition) is 3. The van der Waals surface area contributed by atoms with Crippen molar-refractivity contribution >= 4 is 23.2 Å². The summed E-state index contributed by atoms with van der Waals surface area (Å²) in [5.74, 6) is 2.30. The number of halogens is 1. The number of carbonyl (C=O) groups is 1. The van der Waals surface area contributed by atoms with E-state index in [1.54, 1.807) is 19.2 Å². The molecule has 0 bridgehead atoms. The molecule has 0 unspecified atom stereocenters. The van der Waals surface area contributed by atoms with Gasteiger partial charge < -0.3 is 14.4 Å². The van der Waals surface area contributed by atoms with Crippen LogP contribution in [0.3, 0.4) is 0 Å². The second-order valence-corrected chi connectivity index (χ2v) is 6.79. The predicted molar refractivity (Wildman–Crippen MR) is 106 cm³/mol. The van der Waals surface area contributed by atoms with Crippen molar-refractivity contribution in [1.82, 2.24) is 0 Å². The number of hydrogen-bond donors (Lipinski definition) is 0. The highest BCUT2D eigenvalue weighted by molar-refractivity contribution is 6.30. The zero-order valence-corrected chi connectivity index (χ0v) is 15.6. The van der Waals surface area contributed by atoms with Gasteiger partial charge in [0.25, 0.3) is 0 Å². The van der Waals surface area contributed by atoms with Crippen LogP contribution in [0.2, 0.25) is 5.02 Å². The lowest BCUT2D eigenvalue weighted by Crippen LogP contribution is -2.25. The second kappa shape index (κ2) is 7.33. The molecule has 4 nitrogen and oxygen atoms in total. The summed E-state index contributed by atoms with van der Waals surface area (Å²) in [4.78, 5) is 14.3. The SMILES string of the molecule is COc1ccc(CN2C(=O)Cc3cc(Oc4ccc(Cl)cc4)ccc32)cc1. The van der Waals surface area contributed by atoms with Gasteiger partial charge in [0.15, 0.2) is 0 Å². The van der Waals surface area contributed by atoms with Gasteiger partial charge in [-0.1, -0.05) is 23.7 Å². The van der Waals surface area contributed by atoms with Crippen LogP contribution in [0, 0.1) is 0 Å². The molecular weight excluding hydrogens is 362 g/mol. The van der Waals surface area contributed by atoms with Crippen molar-refractivity contribution in [1.29, 1.82) is 0 Å². The summed E-state index contributed by atoms with van der Waals surface area (Å²) in [6.45, 7) is 0.535. The van der Waals surface area contributed by atoms with E-state index in [-0.39, 0.29) is 5.91 Å². The van der Waals surface area contributed by atoms with Crippen LogP contribution in [0.4, 0.5) is 5.69 Å². The summed E-state index contributed by atoms with van der Waals surface area (Å²) in [6.07, 6.45) is 0.378. The molecule has 136 valence electrons. The average molecular weight is 380 g/mol. The molecule has 5 heteroatoms. The maximum atomic E-state index is 12.5. The second-order valence-electron chi connectivity index (χ2n) is 6.35. The normalized spacial score (nSPS) is 12.8. The topological polar surface area (TPSA) is 38.8 Å². The molecule has 0 radical (unpaired) electrons. The summed E-state index contributed by atoms with van der Waals surface area (Å²) in [5.41, 5.74) is 2.96. The van der Waals surface area contributed by atoms with Crippen LogP contribution in [-0.2, 0) is 17.8 Å². The van der Waals surface area contributed by atoms with E-state index in [1.165, 1.54) is 0 Å². The Morgan fingerprint density at radius 1 is 0.926 bits per heavy atom. The highest BCUT2D eigenvalue weighted by Crippen LogP contribution is 2.35. The van der Waals surface area contributed by atoms with Gasteiger partial charge in [0.1, 0.15) is 17.2 Å². The molecule has 3 aromatic rings. The quantitative estimate of drug-likeness (QED) is 0.609. The molecule has 1 amide bonds. The van der Waals surface area contributed by atoms with Gasteiger partial charge in [-0.3, -0.25) is 4.79 Å². The minimum absolute atomic E-state index is 0.0875. The molecule has 27 heavy (non-hydrogen) atoms. The minimum atomic E-state index is 0.0875. The van der Waals surface area contributed by atoms with Gasteiger partial charge in [-0.2, -0.15) is 0 Å². The van der Waals surface area contributed by atoms with Crippen molar-refractivity contribution < 1.29 is 14.3 Å². The summed E-state index contributed by atoms with van der Waals surface area (Å²) >= 11 is 5.90. The van der Waals surface area contributed by atoms with Crippen molar-refractivity contribution in [2.45, 2.75) is 13.0 Å². The summed E-state index contributed by atoms with van der Waals surface area (Å²) in [7, 11) is 1.64. The molecule has 4 rings (SSSR count). The van der Waals surface area contributed by atoms with E-state index in [2.05, 4.69) is 0 Å². The Labute approximate surface area is 162 Å². The zero-order valence-electron chi connectivity index (χ0n) is 14.8. The van der Waals surface area contributed by atoms with Gasteiger partial charge in [0, 0.05) is 10.7 Å². The number of fused-ring (bicyclic) bond motifs is 1. The Morgan fingerprint density at radius 3 is 2.30 bits per heavy atom. The maximum Gasteiger partial charge on any atom is 0.231 e. The number of benzene rings is 3. The number of anilines is 1. The first kappa shape index (κ1) is 17.4. The third-order valence-electron chi connectivity index (χ3n) is 4.53. The largest absolute Gasteiger partial charge is 0.497 e. The Kier molecular flexibility index (Phi) is 4.73. The van der Waals surface area contributed by atoms with E-state index in [0.29, 0.717) is 29.5 Å². The number of amides is 1. The molecule has 1 aliphatic rings. The standard InChI is InChI=1S/C22H18ClNO3/c1-26-18-6-2-15(3-7-18)14-24-21-11-10-20(12-16(21)13-22(24)25)27-19-8-4-17(23)5-9-19/h2-12H,13-14H2,1H3. The molecular formula is C22H18ClNO3. The van der Waals surface area contributed by atoms with E-state index in [0.717, 1.165) is 22.6 Å². The number of ether oxygens (including phenoxy) is 2. The third-order valence-corrected chi connectivity index (χ3v) is 4.79. The van der Waals surface area contributed by atoms with Crippen LogP contribution in [0.15, 0.2) is 66.7 Å². The average Bonchev–Trinajstić information content (AvgIpc) is 2.99. The van der Waals surface area contributed by atoms with Gasteiger partial charge in [0.2, 0.25) is 5.91 Å². The molecule has 0 atom stereocenters. The lowest BCUT2D eigenvalue weighted by atomic mass is 10.1. The van der Waals surface area contributed by atoms with Crippen LogP contribution < -0.4 is 14.4 Å². The van der Waals surface area contributed by atoms with Crippen molar-refractivity contribution in [3.8, 4) is 17.2 Å². The molecule has 0 saturated carbocycles. The van der Waals surface area contributed by atoms with E-state index in [4.69, 9.17) is 21.1 Å². The number of methoxy groups -OCH3 is 1. The Morgan fingerprint density at radius 2 is 1.59 bits per heavy atom. The smallest absolute Gasteiger partial charge is 0.231 e. The van der Waals surface area contributed by atoms with Gasteiger partial charge in [0.05, 0.1) is 20.1 Å². The Hall–Kier alpha value is -2.98. The summed E-state index contributed by atoms with van der Waals surface area (Å²) < 4.78 is 11.1. The van der Waals surface area contributed by atoms with Crippen molar-refractivity contribution in [2.75, 3.05) is 12.0 Å². The van der Waals surface area contributed by atoms with Gasteiger partial charge in [-0.25, -0.2) is 0 Å². The van der Waals surface area contributed by atoms with E-state index < -0.39 is 0 Å². The summed E-state index contributed by atoms with van der Waals surface area (Å²) in [5, 5.41) is 0.663. The summed E-state index contributed by atoms with van der Waals surface area (Å²) in [6, 6.07) is 20.7. The highest BCUT2D eigenvalue weighted by Gasteiger charge is 2.27. The molecule has 0 fully saturated rings. The lowest BCUT2D eigenvalue weighted by Gasteiger charge is -2.18. The van der Waals surface area contributed by atoms with Crippen LogP contribution in [0.1, 0.15) is 11.1 Å². The Bertz CT molecular complexity index is 968. The molecule has 1 heterocycles. The first-order chi connectivity index (χ1) is 13.1. The van der Waals surface area contributed by atoms with E-state index in [9.17, 15) is 4.79 Å². The number of nitrogens with zero attached hydrogens (tertiary/aromatic N) is 1. The number of carbonyl (C=O) groups excluding carboxylic acids is 1. The molecule has 3 aromatic carbocycles. The van der Waals surface area contributed by atoms with Crippen LogP contribution >= 0.6 is 11.6 Å². The van der Waals surface area contributed by atoms with Crippen molar-refractivity contribution in [3.05, 3.63) is 82.9 Å². The highest BCUT2D eigenvalue weighted by atomic mass is 35.5. The van der Waals surface area contributed by atoms with Gasteiger partial charge in [-0.15, -0.1) is 0 Å². The maximum absolute atomic E-state index is 12.5. The zero-order chi connectivity index (χ0) is 18.8. The minimum Gasteiger partial charge on any atom is -0.497 e. The van der Waals surface area contributed by atoms with Crippen molar-refractivity contribution in [2.24, 2.45) is 0 Å². The lowest BCUT2D eigenvalue weighted by molar-refractivity contribution is -0.117. The molecule has 0 aromatic heterocycles. The van der Waals surface area contributed by atoms with Crippen LogP contribution in [-0.4, -0.2) is 13.0 Å². The van der Waals surface area contributed by atoms with Crippen LogP contribution in [0.5, 0.6) is 17.2 Å². The first-order valence-electron chi connectivity index (χ1n) is 8.62.